The van der Waals surface area contributed by atoms with Gasteiger partial charge in [0.15, 0.2) is 0 Å². The fourth-order valence-electron chi connectivity index (χ4n) is 2.24. The molecule has 0 aromatic heterocycles. The Kier molecular flexibility index (Phi) is 9.67. The lowest BCUT2D eigenvalue weighted by Crippen LogP contribution is -2.21. The molecule has 0 spiro atoms. The first-order valence-electron chi connectivity index (χ1n) is 7.22. The lowest BCUT2D eigenvalue weighted by molar-refractivity contribution is 0.0672. The van der Waals surface area contributed by atoms with Crippen LogP contribution in [0.15, 0.2) is 24.3 Å². The highest BCUT2D eigenvalue weighted by Gasteiger charge is 2.09. The molecular weight excluding hydrogens is 274 g/mol. The molecule has 0 aliphatic carbocycles. The average molecular weight is 300 g/mol. The minimum absolute atomic E-state index is 0.632. The van der Waals surface area contributed by atoms with Gasteiger partial charge in [0.25, 0.3) is 0 Å². The van der Waals surface area contributed by atoms with Crippen LogP contribution in [0.5, 0.6) is 0 Å². The second-order valence-electron chi connectivity index (χ2n) is 5.00. The summed E-state index contributed by atoms with van der Waals surface area (Å²) in [6.07, 6.45) is 3.33. The van der Waals surface area contributed by atoms with Crippen LogP contribution in [0.25, 0.3) is 0 Å². The average Bonchev–Trinajstić information content (AvgIpc) is 2.45. The number of hydrogen-bond donors (Lipinski definition) is 1. The molecular formula is C16H26ClNO2. The molecule has 1 aromatic rings. The standard InChI is InChI=1S/C16H26ClNO2/c1-18-13-15(4-3-9-20-11-10-19-2)12-14-5-7-16(17)8-6-14/h5-8,15,18H,3-4,9-13H2,1-2H3. The van der Waals surface area contributed by atoms with E-state index in [9.17, 15) is 0 Å². The highest BCUT2D eigenvalue weighted by molar-refractivity contribution is 6.30. The van der Waals surface area contributed by atoms with Crippen molar-refractivity contribution in [3.05, 3.63) is 34.9 Å². The Morgan fingerprint density at radius 1 is 1.15 bits per heavy atom. The van der Waals surface area contributed by atoms with E-state index in [0.717, 1.165) is 37.4 Å². The van der Waals surface area contributed by atoms with Gasteiger partial charge in [-0.1, -0.05) is 23.7 Å². The van der Waals surface area contributed by atoms with Crippen molar-refractivity contribution in [3.63, 3.8) is 0 Å². The monoisotopic (exact) mass is 299 g/mol. The first-order chi connectivity index (χ1) is 9.76. The number of ether oxygens (including phenoxy) is 2. The van der Waals surface area contributed by atoms with E-state index in [1.54, 1.807) is 7.11 Å². The van der Waals surface area contributed by atoms with Gasteiger partial charge in [-0.3, -0.25) is 0 Å². The topological polar surface area (TPSA) is 30.5 Å². The maximum absolute atomic E-state index is 5.91. The zero-order valence-electron chi connectivity index (χ0n) is 12.5. The lowest BCUT2D eigenvalue weighted by atomic mass is 9.95. The summed E-state index contributed by atoms with van der Waals surface area (Å²) in [5.41, 5.74) is 1.34. The van der Waals surface area contributed by atoms with E-state index < -0.39 is 0 Å². The Morgan fingerprint density at radius 3 is 2.55 bits per heavy atom. The number of methoxy groups -OCH3 is 1. The Hall–Kier alpha value is -0.610. The van der Waals surface area contributed by atoms with Crippen molar-refractivity contribution >= 4 is 11.6 Å². The highest BCUT2D eigenvalue weighted by Crippen LogP contribution is 2.16. The van der Waals surface area contributed by atoms with Crippen molar-refractivity contribution in [3.8, 4) is 0 Å². The van der Waals surface area contributed by atoms with Crippen molar-refractivity contribution in [2.45, 2.75) is 19.3 Å². The molecule has 20 heavy (non-hydrogen) atoms. The van der Waals surface area contributed by atoms with Crippen molar-refractivity contribution in [2.24, 2.45) is 5.92 Å². The van der Waals surface area contributed by atoms with Crippen LogP contribution in [-0.2, 0) is 15.9 Å². The molecule has 1 unspecified atom stereocenters. The number of halogens is 1. The summed E-state index contributed by atoms with van der Waals surface area (Å²) >= 11 is 5.91. The van der Waals surface area contributed by atoms with Gasteiger partial charge in [-0.25, -0.2) is 0 Å². The maximum Gasteiger partial charge on any atom is 0.0700 e. The van der Waals surface area contributed by atoms with Crippen LogP contribution in [0.2, 0.25) is 5.02 Å². The van der Waals surface area contributed by atoms with Crippen LogP contribution < -0.4 is 5.32 Å². The van der Waals surface area contributed by atoms with E-state index in [1.165, 1.54) is 5.56 Å². The van der Waals surface area contributed by atoms with E-state index in [2.05, 4.69) is 17.4 Å². The molecule has 3 nitrogen and oxygen atoms in total. The predicted octanol–water partition coefficient (Wildman–Crippen LogP) is 3.16. The Labute approximate surface area is 127 Å². The van der Waals surface area contributed by atoms with Crippen LogP contribution >= 0.6 is 11.6 Å². The molecule has 0 aliphatic rings. The molecule has 4 heteroatoms. The summed E-state index contributed by atoms with van der Waals surface area (Å²) < 4.78 is 10.5. The molecule has 114 valence electrons. The third-order valence-electron chi connectivity index (χ3n) is 3.26. The molecule has 0 radical (unpaired) electrons. The molecule has 0 heterocycles. The maximum atomic E-state index is 5.91. The normalized spacial score (nSPS) is 12.6. The van der Waals surface area contributed by atoms with E-state index in [-0.39, 0.29) is 0 Å². The summed E-state index contributed by atoms with van der Waals surface area (Å²) in [5.74, 6) is 0.632. The zero-order chi connectivity index (χ0) is 14.6. The molecule has 0 bridgehead atoms. The van der Waals surface area contributed by atoms with Crippen molar-refractivity contribution in [1.82, 2.24) is 5.32 Å². The van der Waals surface area contributed by atoms with Crippen molar-refractivity contribution in [1.29, 1.82) is 0 Å². The van der Waals surface area contributed by atoms with Gasteiger partial charge >= 0.3 is 0 Å². The summed E-state index contributed by atoms with van der Waals surface area (Å²) in [6.45, 7) is 3.19. The van der Waals surface area contributed by atoms with Gasteiger partial charge < -0.3 is 14.8 Å². The molecule has 1 atom stereocenters. The van der Waals surface area contributed by atoms with Gasteiger partial charge in [0.2, 0.25) is 0 Å². The molecule has 0 saturated carbocycles. The lowest BCUT2D eigenvalue weighted by Gasteiger charge is -2.16. The zero-order valence-corrected chi connectivity index (χ0v) is 13.3. The van der Waals surface area contributed by atoms with E-state index in [1.807, 2.05) is 19.2 Å². The molecule has 1 rings (SSSR count). The van der Waals surface area contributed by atoms with E-state index in [4.69, 9.17) is 21.1 Å². The Morgan fingerprint density at radius 2 is 1.90 bits per heavy atom. The molecule has 0 amide bonds. The summed E-state index contributed by atoms with van der Waals surface area (Å²) in [6, 6.07) is 8.14. The molecule has 1 N–H and O–H groups in total. The van der Waals surface area contributed by atoms with Crippen LogP contribution in [0.4, 0.5) is 0 Å². The minimum atomic E-state index is 0.632. The van der Waals surface area contributed by atoms with Gasteiger partial charge in [0.1, 0.15) is 0 Å². The van der Waals surface area contributed by atoms with Crippen molar-refractivity contribution in [2.75, 3.05) is 40.5 Å². The third-order valence-corrected chi connectivity index (χ3v) is 3.52. The summed E-state index contributed by atoms with van der Waals surface area (Å²) in [4.78, 5) is 0. The third kappa shape index (κ3) is 7.85. The van der Waals surface area contributed by atoms with E-state index >= 15 is 0 Å². The smallest absolute Gasteiger partial charge is 0.0700 e. The van der Waals surface area contributed by atoms with Crippen molar-refractivity contribution < 1.29 is 9.47 Å². The Balaban J connectivity index is 2.27. The van der Waals surface area contributed by atoms with Gasteiger partial charge in [-0.05, 0) is 56.5 Å². The fraction of sp³-hybridized carbons (Fsp3) is 0.625. The second kappa shape index (κ2) is 11.1. The highest BCUT2D eigenvalue weighted by atomic mass is 35.5. The van der Waals surface area contributed by atoms with Crippen LogP contribution in [-0.4, -0.2) is 40.5 Å². The minimum Gasteiger partial charge on any atom is -0.382 e. The number of rotatable bonds is 11. The number of benzene rings is 1. The molecule has 1 aromatic carbocycles. The number of nitrogens with one attached hydrogen (secondary N) is 1. The SMILES string of the molecule is CNCC(CCCOCCOC)Cc1ccc(Cl)cc1. The number of hydrogen-bond acceptors (Lipinski definition) is 3. The van der Waals surface area contributed by atoms with Crippen LogP contribution in [0, 0.1) is 5.92 Å². The summed E-state index contributed by atoms with van der Waals surface area (Å²) in [7, 11) is 3.70. The van der Waals surface area contributed by atoms with E-state index in [0.29, 0.717) is 19.1 Å². The van der Waals surface area contributed by atoms with Crippen LogP contribution in [0.1, 0.15) is 18.4 Å². The first-order valence-corrected chi connectivity index (χ1v) is 7.59. The van der Waals surface area contributed by atoms with Gasteiger partial charge in [0.05, 0.1) is 13.2 Å². The molecule has 0 aliphatic heterocycles. The fourth-order valence-corrected chi connectivity index (χ4v) is 2.36. The van der Waals surface area contributed by atoms with Gasteiger partial charge in [-0.15, -0.1) is 0 Å². The van der Waals surface area contributed by atoms with Gasteiger partial charge in [-0.2, -0.15) is 0 Å². The largest absolute Gasteiger partial charge is 0.382 e. The molecule has 0 fully saturated rings. The summed E-state index contributed by atoms with van der Waals surface area (Å²) in [5, 5.41) is 4.07. The molecule has 0 saturated heterocycles. The first kappa shape index (κ1) is 17.4. The second-order valence-corrected chi connectivity index (χ2v) is 5.44. The quantitative estimate of drug-likeness (QED) is 0.637. The predicted molar refractivity (Wildman–Crippen MR) is 84.5 cm³/mol. The van der Waals surface area contributed by atoms with Gasteiger partial charge in [0, 0.05) is 18.7 Å². The van der Waals surface area contributed by atoms with Crippen LogP contribution in [0.3, 0.4) is 0 Å². The Bertz CT molecular complexity index is 343.